The molecule has 1 heterocycles. The van der Waals surface area contributed by atoms with E-state index in [1.54, 1.807) is 0 Å². The molecule has 5 nitrogen and oxygen atoms in total. The highest BCUT2D eigenvalue weighted by Gasteiger charge is 2.32. The SMILES string of the molecule is CCCOc1ccc(N2C[C@@H](C)N(CN=O)C[C@H]2c2ccc(C)cc2)cc1. The topological polar surface area (TPSA) is 45.1 Å². The molecule has 1 aliphatic heterocycles. The van der Waals surface area contributed by atoms with Gasteiger partial charge in [-0.05, 0) is 50.1 Å². The zero-order valence-corrected chi connectivity index (χ0v) is 16.5. The quantitative estimate of drug-likeness (QED) is 0.662. The monoisotopic (exact) mass is 367 g/mol. The number of piperazine rings is 1. The highest BCUT2D eigenvalue weighted by atomic mass is 16.5. The minimum absolute atomic E-state index is 0.186. The van der Waals surface area contributed by atoms with Crippen LogP contribution in [-0.2, 0) is 0 Å². The number of ether oxygens (including phenoxy) is 1. The average molecular weight is 367 g/mol. The van der Waals surface area contributed by atoms with Crippen molar-refractivity contribution in [3.63, 3.8) is 0 Å². The van der Waals surface area contributed by atoms with Gasteiger partial charge in [-0.15, -0.1) is 4.91 Å². The summed E-state index contributed by atoms with van der Waals surface area (Å²) in [4.78, 5) is 15.5. The maximum absolute atomic E-state index is 10.9. The molecule has 0 N–H and O–H groups in total. The molecule has 1 fully saturated rings. The summed E-state index contributed by atoms with van der Waals surface area (Å²) in [6.45, 7) is 8.97. The van der Waals surface area contributed by atoms with Gasteiger partial charge in [-0.25, -0.2) is 0 Å². The van der Waals surface area contributed by atoms with Crippen LogP contribution in [0.1, 0.15) is 37.4 Å². The van der Waals surface area contributed by atoms with Gasteiger partial charge in [-0.2, -0.15) is 0 Å². The highest BCUT2D eigenvalue weighted by molar-refractivity contribution is 5.52. The molecule has 3 rings (SSSR count). The third kappa shape index (κ3) is 4.66. The van der Waals surface area contributed by atoms with Crippen LogP contribution in [0.25, 0.3) is 0 Å². The number of nitroso groups, excluding NO2 is 1. The van der Waals surface area contributed by atoms with Gasteiger partial charge in [0.2, 0.25) is 0 Å². The molecular weight excluding hydrogens is 338 g/mol. The highest BCUT2D eigenvalue weighted by Crippen LogP contribution is 2.33. The van der Waals surface area contributed by atoms with Gasteiger partial charge in [0, 0.05) is 24.8 Å². The van der Waals surface area contributed by atoms with Crippen molar-refractivity contribution in [3.8, 4) is 5.75 Å². The largest absolute Gasteiger partial charge is 0.494 e. The molecule has 2 aromatic rings. The summed E-state index contributed by atoms with van der Waals surface area (Å²) in [6, 6.07) is 17.5. The van der Waals surface area contributed by atoms with Gasteiger partial charge in [0.1, 0.15) is 12.4 Å². The van der Waals surface area contributed by atoms with Crippen LogP contribution in [0, 0.1) is 11.8 Å². The summed E-state index contributed by atoms with van der Waals surface area (Å²) < 4.78 is 5.72. The van der Waals surface area contributed by atoms with Crippen LogP contribution in [-0.4, -0.2) is 37.3 Å². The van der Waals surface area contributed by atoms with Crippen molar-refractivity contribution >= 4 is 5.69 Å². The Hall–Kier alpha value is -2.40. The number of hydrogen-bond acceptors (Lipinski definition) is 5. The molecule has 0 spiro atoms. The summed E-state index contributed by atoms with van der Waals surface area (Å²) in [5, 5.41) is 3.13. The zero-order chi connectivity index (χ0) is 19.2. The molecule has 0 bridgehead atoms. The summed E-state index contributed by atoms with van der Waals surface area (Å²) >= 11 is 0. The predicted molar refractivity (Wildman–Crippen MR) is 110 cm³/mol. The van der Waals surface area contributed by atoms with Crippen LogP contribution >= 0.6 is 0 Å². The molecule has 0 unspecified atom stereocenters. The van der Waals surface area contributed by atoms with Gasteiger partial charge in [-0.1, -0.05) is 41.9 Å². The smallest absolute Gasteiger partial charge is 0.134 e. The Labute approximate surface area is 161 Å². The van der Waals surface area contributed by atoms with E-state index < -0.39 is 0 Å². The number of nitrogens with zero attached hydrogens (tertiary/aromatic N) is 3. The third-order valence-electron chi connectivity index (χ3n) is 5.21. The first-order valence-electron chi connectivity index (χ1n) is 9.71. The molecule has 5 heteroatoms. The van der Waals surface area contributed by atoms with Crippen molar-refractivity contribution in [1.82, 2.24) is 4.90 Å². The van der Waals surface area contributed by atoms with Gasteiger partial charge in [-0.3, -0.25) is 4.90 Å². The number of anilines is 1. The van der Waals surface area contributed by atoms with E-state index in [9.17, 15) is 4.91 Å². The van der Waals surface area contributed by atoms with Crippen LogP contribution in [0.4, 0.5) is 5.69 Å². The molecule has 0 amide bonds. The van der Waals surface area contributed by atoms with Gasteiger partial charge in [0.15, 0.2) is 0 Å². The van der Waals surface area contributed by atoms with Crippen molar-refractivity contribution in [3.05, 3.63) is 64.6 Å². The van der Waals surface area contributed by atoms with Crippen LogP contribution in [0.3, 0.4) is 0 Å². The second-order valence-corrected chi connectivity index (χ2v) is 7.31. The standard InChI is InChI=1S/C22H29N3O2/c1-4-13-27-21-11-9-20(10-12-21)25-14-18(3)24(16-23-26)15-22(25)19-7-5-17(2)6-8-19/h5-12,18,22H,4,13-16H2,1-3H3/t18-,22+/m1/s1. The van der Waals surface area contributed by atoms with E-state index in [2.05, 4.69) is 72.1 Å². The Morgan fingerprint density at radius 1 is 1.07 bits per heavy atom. The maximum Gasteiger partial charge on any atom is 0.134 e. The Kier molecular flexibility index (Phi) is 6.45. The molecule has 0 aromatic heterocycles. The van der Waals surface area contributed by atoms with Crippen LogP contribution in [0.5, 0.6) is 5.75 Å². The summed E-state index contributed by atoms with van der Waals surface area (Å²) in [6.07, 6.45) is 1.00. The van der Waals surface area contributed by atoms with E-state index in [1.165, 1.54) is 16.8 Å². The normalized spacial score (nSPS) is 20.5. The number of benzene rings is 2. The van der Waals surface area contributed by atoms with E-state index in [1.807, 2.05) is 12.1 Å². The molecule has 1 saturated heterocycles. The Bertz CT molecular complexity index is 730. The molecule has 0 radical (unpaired) electrons. The first kappa shape index (κ1) is 19.4. The van der Waals surface area contributed by atoms with E-state index in [-0.39, 0.29) is 18.8 Å². The Balaban J connectivity index is 1.87. The predicted octanol–water partition coefficient (Wildman–Crippen LogP) is 4.76. The van der Waals surface area contributed by atoms with Crippen molar-refractivity contribution in [2.24, 2.45) is 5.18 Å². The van der Waals surface area contributed by atoms with E-state index in [4.69, 9.17) is 4.74 Å². The fourth-order valence-corrected chi connectivity index (χ4v) is 3.61. The maximum atomic E-state index is 10.9. The summed E-state index contributed by atoms with van der Waals surface area (Å²) in [5.74, 6) is 0.907. The fraction of sp³-hybridized carbons (Fsp3) is 0.455. The first-order chi connectivity index (χ1) is 13.1. The van der Waals surface area contributed by atoms with Crippen molar-refractivity contribution < 1.29 is 4.74 Å². The van der Waals surface area contributed by atoms with E-state index in [0.29, 0.717) is 0 Å². The van der Waals surface area contributed by atoms with Gasteiger partial charge in [0.05, 0.1) is 12.6 Å². The fourth-order valence-electron chi connectivity index (χ4n) is 3.61. The molecule has 2 atom stereocenters. The summed E-state index contributed by atoms with van der Waals surface area (Å²) in [5.41, 5.74) is 3.68. The van der Waals surface area contributed by atoms with Crippen molar-refractivity contribution in [2.75, 3.05) is 31.3 Å². The van der Waals surface area contributed by atoms with Gasteiger partial charge < -0.3 is 9.64 Å². The van der Waals surface area contributed by atoms with Crippen LogP contribution < -0.4 is 9.64 Å². The van der Waals surface area contributed by atoms with Crippen LogP contribution in [0.2, 0.25) is 0 Å². The molecule has 0 aliphatic carbocycles. The molecule has 0 saturated carbocycles. The lowest BCUT2D eigenvalue weighted by Crippen LogP contribution is -2.53. The van der Waals surface area contributed by atoms with Crippen molar-refractivity contribution in [1.29, 1.82) is 0 Å². The molecular formula is C22H29N3O2. The third-order valence-corrected chi connectivity index (χ3v) is 5.21. The molecule has 144 valence electrons. The first-order valence-corrected chi connectivity index (χ1v) is 9.71. The number of rotatable bonds is 7. The minimum Gasteiger partial charge on any atom is -0.494 e. The molecule has 2 aromatic carbocycles. The van der Waals surface area contributed by atoms with E-state index in [0.717, 1.165) is 31.9 Å². The number of aryl methyl sites for hydroxylation is 1. The lowest BCUT2D eigenvalue weighted by molar-refractivity contribution is 0.166. The van der Waals surface area contributed by atoms with Gasteiger partial charge in [0.25, 0.3) is 0 Å². The Morgan fingerprint density at radius 2 is 1.78 bits per heavy atom. The number of hydrogen-bond donors (Lipinski definition) is 0. The zero-order valence-electron chi connectivity index (χ0n) is 16.5. The molecule has 1 aliphatic rings. The van der Waals surface area contributed by atoms with Gasteiger partial charge >= 0.3 is 0 Å². The Morgan fingerprint density at radius 3 is 2.41 bits per heavy atom. The molecule has 27 heavy (non-hydrogen) atoms. The summed E-state index contributed by atoms with van der Waals surface area (Å²) in [7, 11) is 0. The van der Waals surface area contributed by atoms with Crippen molar-refractivity contribution in [2.45, 2.75) is 39.3 Å². The lowest BCUT2D eigenvalue weighted by Gasteiger charge is -2.46. The average Bonchev–Trinajstić information content (AvgIpc) is 2.69. The minimum atomic E-state index is 0.186. The van der Waals surface area contributed by atoms with E-state index >= 15 is 0 Å². The lowest BCUT2D eigenvalue weighted by atomic mass is 9.98. The van der Waals surface area contributed by atoms with Crippen LogP contribution in [0.15, 0.2) is 53.7 Å². The second kappa shape index (κ2) is 9.00. The second-order valence-electron chi connectivity index (χ2n) is 7.31.